The zero-order valence-electron chi connectivity index (χ0n) is 17.0. The fraction of sp³-hybridized carbons (Fsp3) is 0.571. The van der Waals surface area contributed by atoms with Gasteiger partial charge in [0.05, 0.1) is 5.56 Å². The number of carbonyl (C=O) groups excluding carboxylic acids is 3. The molecule has 1 unspecified atom stereocenters. The first-order valence-electron chi connectivity index (χ1n) is 10.00. The molecule has 1 atom stereocenters. The molecule has 0 spiro atoms. The highest BCUT2D eigenvalue weighted by molar-refractivity contribution is 5.92. The van der Waals surface area contributed by atoms with Crippen molar-refractivity contribution < 1.29 is 19.1 Å². The van der Waals surface area contributed by atoms with Gasteiger partial charge in [0.1, 0.15) is 0 Å². The van der Waals surface area contributed by atoms with Crippen LogP contribution in [0.2, 0.25) is 0 Å². The predicted molar refractivity (Wildman–Crippen MR) is 107 cm³/mol. The topological polar surface area (TPSA) is 87.7 Å². The van der Waals surface area contributed by atoms with Gasteiger partial charge in [-0.15, -0.1) is 0 Å². The number of hydrogen-bond acceptors (Lipinski definition) is 4. The average Bonchev–Trinajstić information content (AvgIpc) is 2.95. The lowest BCUT2D eigenvalue weighted by atomic mass is 10.1. The molecular formula is C21H31N3O4. The van der Waals surface area contributed by atoms with E-state index in [4.69, 9.17) is 4.74 Å². The second-order valence-electron chi connectivity index (χ2n) is 7.47. The van der Waals surface area contributed by atoms with Gasteiger partial charge in [0.15, 0.2) is 6.10 Å². The molecule has 1 heterocycles. The second kappa shape index (κ2) is 10.7. The van der Waals surface area contributed by atoms with Crippen molar-refractivity contribution in [3.63, 3.8) is 0 Å². The maximum absolute atomic E-state index is 12.5. The molecule has 1 aliphatic rings. The molecule has 2 rings (SSSR count). The minimum atomic E-state index is -0.799. The van der Waals surface area contributed by atoms with Gasteiger partial charge in [0, 0.05) is 25.7 Å². The third kappa shape index (κ3) is 6.87. The number of hydrogen-bond donors (Lipinski definition) is 2. The van der Waals surface area contributed by atoms with Crippen LogP contribution in [-0.2, 0) is 16.1 Å². The van der Waals surface area contributed by atoms with E-state index < -0.39 is 12.1 Å². The maximum Gasteiger partial charge on any atom is 0.338 e. The molecule has 7 nitrogen and oxygen atoms in total. The Bertz CT molecular complexity index is 665. The largest absolute Gasteiger partial charge is 0.449 e. The Hall–Kier alpha value is -2.57. The smallest absolute Gasteiger partial charge is 0.338 e. The van der Waals surface area contributed by atoms with Crippen molar-refractivity contribution in [3.05, 3.63) is 35.4 Å². The first kappa shape index (κ1) is 21.7. The minimum Gasteiger partial charge on any atom is -0.449 e. The summed E-state index contributed by atoms with van der Waals surface area (Å²) in [6.45, 7) is 7.21. The lowest BCUT2D eigenvalue weighted by Gasteiger charge is -2.24. The highest BCUT2D eigenvalue weighted by Gasteiger charge is 2.24. The zero-order valence-corrected chi connectivity index (χ0v) is 17.0. The van der Waals surface area contributed by atoms with Crippen LogP contribution in [0.5, 0.6) is 0 Å². The molecule has 1 saturated heterocycles. The van der Waals surface area contributed by atoms with Crippen LogP contribution in [0.1, 0.15) is 62.4 Å². The fourth-order valence-corrected chi connectivity index (χ4v) is 3.08. The summed E-state index contributed by atoms with van der Waals surface area (Å²) in [5.41, 5.74) is 1.25. The molecule has 1 aromatic carbocycles. The SMILES string of the molecule is CC(C)NC(=O)NCc1ccc(C(=O)OC(C)C(=O)N2CCCCCC2)cc1. The number of nitrogens with one attached hydrogen (secondary N) is 2. The van der Waals surface area contributed by atoms with Crippen LogP contribution in [0.4, 0.5) is 4.79 Å². The van der Waals surface area contributed by atoms with Gasteiger partial charge in [-0.3, -0.25) is 4.79 Å². The summed E-state index contributed by atoms with van der Waals surface area (Å²) >= 11 is 0. The lowest BCUT2D eigenvalue weighted by molar-refractivity contribution is -0.139. The number of rotatable bonds is 6. The van der Waals surface area contributed by atoms with Crippen molar-refractivity contribution in [2.45, 2.75) is 65.1 Å². The quantitative estimate of drug-likeness (QED) is 0.733. The highest BCUT2D eigenvalue weighted by atomic mass is 16.5. The van der Waals surface area contributed by atoms with Crippen LogP contribution in [0.25, 0.3) is 0 Å². The molecule has 28 heavy (non-hydrogen) atoms. The van der Waals surface area contributed by atoms with E-state index in [0.29, 0.717) is 12.1 Å². The monoisotopic (exact) mass is 389 g/mol. The second-order valence-corrected chi connectivity index (χ2v) is 7.47. The Labute approximate surface area is 166 Å². The highest BCUT2D eigenvalue weighted by Crippen LogP contribution is 2.13. The van der Waals surface area contributed by atoms with Gasteiger partial charge in [-0.25, -0.2) is 9.59 Å². The van der Waals surface area contributed by atoms with Crippen molar-refractivity contribution in [1.82, 2.24) is 15.5 Å². The summed E-state index contributed by atoms with van der Waals surface area (Å²) in [7, 11) is 0. The maximum atomic E-state index is 12.5. The Morgan fingerprint density at radius 1 is 1.00 bits per heavy atom. The summed E-state index contributed by atoms with van der Waals surface area (Å²) in [6.07, 6.45) is 3.47. The van der Waals surface area contributed by atoms with Gasteiger partial charge in [-0.1, -0.05) is 25.0 Å². The van der Waals surface area contributed by atoms with Crippen molar-refractivity contribution in [1.29, 1.82) is 0 Å². The van der Waals surface area contributed by atoms with E-state index in [2.05, 4.69) is 10.6 Å². The van der Waals surface area contributed by atoms with Crippen molar-refractivity contribution in [2.24, 2.45) is 0 Å². The van der Waals surface area contributed by atoms with Gasteiger partial charge < -0.3 is 20.3 Å². The number of carbonyl (C=O) groups is 3. The molecule has 3 amide bonds. The predicted octanol–water partition coefficient (Wildman–Crippen LogP) is 2.84. The molecule has 0 radical (unpaired) electrons. The van der Waals surface area contributed by atoms with E-state index in [-0.39, 0.29) is 18.0 Å². The Kier molecular flexibility index (Phi) is 8.29. The number of esters is 1. The van der Waals surface area contributed by atoms with E-state index >= 15 is 0 Å². The van der Waals surface area contributed by atoms with Crippen LogP contribution < -0.4 is 10.6 Å². The summed E-state index contributed by atoms with van der Waals surface area (Å²) in [4.78, 5) is 38.2. The Morgan fingerprint density at radius 2 is 1.61 bits per heavy atom. The van der Waals surface area contributed by atoms with Gasteiger partial charge in [0.25, 0.3) is 5.91 Å². The van der Waals surface area contributed by atoms with Gasteiger partial charge in [-0.2, -0.15) is 0 Å². The van der Waals surface area contributed by atoms with Crippen LogP contribution >= 0.6 is 0 Å². The fourth-order valence-electron chi connectivity index (χ4n) is 3.08. The van der Waals surface area contributed by atoms with Gasteiger partial charge >= 0.3 is 12.0 Å². The summed E-state index contributed by atoms with van der Waals surface area (Å²) in [6, 6.07) is 6.63. The van der Waals surface area contributed by atoms with E-state index in [1.807, 2.05) is 13.8 Å². The van der Waals surface area contributed by atoms with Crippen LogP contribution in [0.15, 0.2) is 24.3 Å². The molecule has 1 aliphatic heterocycles. The number of nitrogens with zero attached hydrogens (tertiary/aromatic N) is 1. The summed E-state index contributed by atoms with van der Waals surface area (Å²) in [5.74, 6) is -0.653. The van der Waals surface area contributed by atoms with Crippen molar-refractivity contribution in [2.75, 3.05) is 13.1 Å². The lowest BCUT2D eigenvalue weighted by Crippen LogP contribution is -2.40. The third-order valence-electron chi connectivity index (χ3n) is 4.61. The molecule has 1 aromatic rings. The normalized spacial score (nSPS) is 15.5. The number of likely N-dealkylation sites (tertiary alicyclic amines) is 1. The molecule has 7 heteroatoms. The van der Waals surface area contributed by atoms with Crippen molar-refractivity contribution >= 4 is 17.9 Å². The van der Waals surface area contributed by atoms with Gasteiger partial charge in [0.2, 0.25) is 0 Å². The van der Waals surface area contributed by atoms with Crippen LogP contribution in [0, 0.1) is 0 Å². The van der Waals surface area contributed by atoms with Crippen LogP contribution in [0.3, 0.4) is 0 Å². The van der Waals surface area contributed by atoms with E-state index in [0.717, 1.165) is 44.3 Å². The molecule has 0 aliphatic carbocycles. The summed E-state index contributed by atoms with van der Waals surface area (Å²) < 4.78 is 5.36. The molecule has 0 saturated carbocycles. The first-order chi connectivity index (χ1) is 13.4. The molecule has 154 valence electrons. The minimum absolute atomic E-state index is 0.0659. The molecule has 1 fully saturated rings. The Morgan fingerprint density at radius 3 is 2.18 bits per heavy atom. The van der Waals surface area contributed by atoms with E-state index in [1.54, 1.807) is 36.1 Å². The number of ether oxygens (including phenoxy) is 1. The molecule has 0 bridgehead atoms. The van der Waals surface area contributed by atoms with E-state index in [9.17, 15) is 14.4 Å². The van der Waals surface area contributed by atoms with Gasteiger partial charge in [-0.05, 0) is 51.3 Å². The van der Waals surface area contributed by atoms with Crippen molar-refractivity contribution in [3.8, 4) is 0 Å². The third-order valence-corrected chi connectivity index (χ3v) is 4.61. The average molecular weight is 389 g/mol. The molecular weight excluding hydrogens is 358 g/mol. The molecule has 2 N–H and O–H groups in total. The first-order valence-corrected chi connectivity index (χ1v) is 10.00. The Balaban J connectivity index is 1.84. The zero-order chi connectivity index (χ0) is 20.5. The number of urea groups is 1. The summed E-state index contributed by atoms with van der Waals surface area (Å²) in [5, 5.41) is 5.50. The molecule has 0 aromatic heterocycles. The van der Waals surface area contributed by atoms with Crippen LogP contribution in [-0.4, -0.2) is 48.0 Å². The van der Waals surface area contributed by atoms with E-state index in [1.165, 1.54) is 0 Å². The standard InChI is InChI=1S/C21H31N3O4/c1-15(2)23-21(27)22-14-17-8-10-18(11-9-17)20(26)28-16(3)19(25)24-12-6-4-5-7-13-24/h8-11,15-16H,4-7,12-14H2,1-3H3,(H2,22,23,27). The number of benzene rings is 1. The number of amides is 3.